The van der Waals surface area contributed by atoms with Crippen LogP contribution in [0.15, 0.2) is 36.7 Å². The van der Waals surface area contributed by atoms with E-state index in [1.807, 2.05) is 6.20 Å². The molecule has 4 rings (SSSR count). The molecule has 0 spiro atoms. The lowest BCUT2D eigenvalue weighted by Gasteiger charge is -2.32. The van der Waals surface area contributed by atoms with Gasteiger partial charge < -0.3 is 0 Å². The van der Waals surface area contributed by atoms with Crippen molar-refractivity contribution in [1.82, 2.24) is 14.7 Å². The largest absolute Gasteiger partial charge is 0.297 e. The number of aromatic nitrogens is 2. The molecule has 1 saturated carbocycles. The average molecular weight is 309 g/mol. The highest BCUT2D eigenvalue weighted by atomic mass is 15.3. The molecule has 1 aliphatic carbocycles. The smallest absolute Gasteiger partial charge is 0.0568 e. The monoisotopic (exact) mass is 309 g/mol. The molecule has 1 aromatic heterocycles. The zero-order valence-electron chi connectivity index (χ0n) is 14.1. The number of hydrogen-bond acceptors (Lipinski definition) is 2. The van der Waals surface area contributed by atoms with Crippen LogP contribution in [0.5, 0.6) is 0 Å². The number of rotatable bonds is 5. The van der Waals surface area contributed by atoms with Crippen molar-refractivity contribution < 1.29 is 0 Å². The van der Waals surface area contributed by atoms with E-state index in [4.69, 9.17) is 0 Å². The van der Waals surface area contributed by atoms with Crippen LogP contribution in [-0.2, 0) is 6.54 Å². The third kappa shape index (κ3) is 3.50. The average Bonchev–Trinajstić information content (AvgIpc) is 3.30. The summed E-state index contributed by atoms with van der Waals surface area (Å²) >= 11 is 0. The van der Waals surface area contributed by atoms with Crippen molar-refractivity contribution in [3.63, 3.8) is 0 Å². The molecular weight excluding hydrogens is 282 g/mol. The predicted octanol–water partition coefficient (Wildman–Crippen LogP) is 4.51. The van der Waals surface area contributed by atoms with Crippen molar-refractivity contribution in [2.75, 3.05) is 13.1 Å². The summed E-state index contributed by atoms with van der Waals surface area (Å²) in [7, 11) is 0. The van der Waals surface area contributed by atoms with E-state index in [-0.39, 0.29) is 0 Å². The highest BCUT2D eigenvalue weighted by Crippen LogP contribution is 2.31. The number of piperidine rings is 1. The van der Waals surface area contributed by atoms with E-state index >= 15 is 0 Å². The fourth-order valence-corrected chi connectivity index (χ4v) is 3.65. The topological polar surface area (TPSA) is 21.1 Å². The fourth-order valence-electron chi connectivity index (χ4n) is 3.65. The fraction of sp³-hybridized carbons (Fsp3) is 0.550. The van der Waals surface area contributed by atoms with Crippen LogP contribution in [0.1, 0.15) is 50.6 Å². The molecule has 2 heterocycles. The molecule has 122 valence electrons. The predicted molar refractivity (Wildman–Crippen MR) is 94.2 cm³/mol. The van der Waals surface area contributed by atoms with E-state index in [0.717, 1.165) is 12.5 Å². The molecule has 0 bridgehead atoms. The van der Waals surface area contributed by atoms with Gasteiger partial charge in [-0.25, -0.2) is 0 Å². The van der Waals surface area contributed by atoms with Gasteiger partial charge in [0.1, 0.15) is 0 Å². The van der Waals surface area contributed by atoms with Gasteiger partial charge in [0.25, 0.3) is 0 Å². The lowest BCUT2D eigenvalue weighted by molar-refractivity contribution is 0.175. The third-order valence-corrected chi connectivity index (χ3v) is 5.44. The van der Waals surface area contributed by atoms with Crippen molar-refractivity contribution in [1.29, 1.82) is 0 Å². The second kappa shape index (κ2) is 6.48. The molecule has 0 N–H and O–H groups in total. The summed E-state index contributed by atoms with van der Waals surface area (Å²) < 4.78 is 2.11. The minimum absolute atomic E-state index is 0.530. The van der Waals surface area contributed by atoms with Crippen LogP contribution in [0, 0.1) is 5.92 Å². The Balaban J connectivity index is 1.45. The molecule has 1 atom stereocenters. The normalized spacial score (nSPS) is 20.6. The highest BCUT2D eigenvalue weighted by molar-refractivity contribution is 5.62. The quantitative estimate of drug-likeness (QED) is 0.810. The summed E-state index contributed by atoms with van der Waals surface area (Å²) in [5.41, 5.74) is 3.95. The second-order valence-corrected chi connectivity index (χ2v) is 7.29. The summed E-state index contributed by atoms with van der Waals surface area (Å²) in [4.78, 5) is 2.62. The zero-order valence-corrected chi connectivity index (χ0v) is 14.1. The number of hydrogen-bond donors (Lipinski definition) is 0. The Morgan fingerprint density at radius 2 is 1.78 bits per heavy atom. The Bertz CT molecular complexity index is 633. The minimum atomic E-state index is 0.530. The first-order valence-corrected chi connectivity index (χ1v) is 9.16. The molecule has 2 aliphatic rings. The SMILES string of the molecule is C[C@H](c1ccc(-c2cnn(CC3CC3)c2)cc1)N1CCCCC1. The van der Waals surface area contributed by atoms with Crippen LogP contribution < -0.4 is 0 Å². The Morgan fingerprint density at radius 3 is 2.48 bits per heavy atom. The van der Waals surface area contributed by atoms with Crippen LogP contribution in [-0.4, -0.2) is 27.8 Å². The van der Waals surface area contributed by atoms with Crippen molar-refractivity contribution in [3.8, 4) is 11.1 Å². The number of nitrogens with zero attached hydrogens (tertiary/aromatic N) is 3. The number of likely N-dealkylation sites (tertiary alicyclic amines) is 1. The maximum absolute atomic E-state index is 4.51. The van der Waals surface area contributed by atoms with Gasteiger partial charge in [-0.15, -0.1) is 0 Å². The summed E-state index contributed by atoms with van der Waals surface area (Å²) in [6.07, 6.45) is 11.0. The van der Waals surface area contributed by atoms with Crippen LogP contribution >= 0.6 is 0 Å². The summed E-state index contributed by atoms with van der Waals surface area (Å²) in [6.45, 7) is 5.92. The van der Waals surface area contributed by atoms with Gasteiger partial charge in [-0.05, 0) is 62.7 Å². The standard InChI is InChI=1S/C20H27N3/c1-16(22-11-3-2-4-12-22)18-7-9-19(10-8-18)20-13-21-23(15-20)14-17-5-6-17/h7-10,13,15-17H,2-6,11-12,14H2,1H3/t16-/m1/s1. The molecule has 23 heavy (non-hydrogen) atoms. The van der Waals surface area contributed by atoms with Crippen LogP contribution in [0.4, 0.5) is 0 Å². The van der Waals surface area contributed by atoms with Crippen molar-refractivity contribution in [3.05, 3.63) is 42.2 Å². The first-order valence-electron chi connectivity index (χ1n) is 9.16. The first-order chi connectivity index (χ1) is 11.3. The third-order valence-electron chi connectivity index (χ3n) is 5.44. The van der Waals surface area contributed by atoms with Crippen LogP contribution in [0.3, 0.4) is 0 Å². The Kier molecular flexibility index (Phi) is 4.21. The molecule has 2 fully saturated rings. The lowest BCUT2D eigenvalue weighted by Crippen LogP contribution is -2.32. The number of benzene rings is 1. The van der Waals surface area contributed by atoms with Gasteiger partial charge in [0, 0.05) is 24.3 Å². The molecular formula is C20H27N3. The van der Waals surface area contributed by atoms with E-state index < -0.39 is 0 Å². The van der Waals surface area contributed by atoms with Gasteiger partial charge in [0.15, 0.2) is 0 Å². The van der Waals surface area contributed by atoms with Gasteiger partial charge in [-0.3, -0.25) is 9.58 Å². The zero-order chi connectivity index (χ0) is 15.6. The van der Waals surface area contributed by atoms with E-state index in [1.54, 1.807) is 0 Å². The van der Waals surface area contributed by atoms with Crippen molar-refractivity contribution in [2.45, 2.75) is 51.6 Å². The Hall–Kier alpha value is -1.61. The van der Waals surface area contributed by atoms with Gasteiger partial charge in [-0.2, -0.15) is 5.10 Å². The van der Waals surface area contributed by atoms with Crippen molar-refractivity contribution in [2.24, 2.45) is 5.92 Å². The summed E-state index contributed by atoms with van der Waals surface area (Å²) in [5, 5.41) is 4.51. The lowest BCUT2D eigenvalue weighted by atomic mass is 10.0. The van der Waals surface area contributed by atoms with Gasteiger partial charge in [0.05, 0.1) is 6.20 Å². The van der Waals surface area contributed by atoms with E-state index in [2.05, 4.69) is 52.1 Å². The van der Waals surface area contributed by atoms with Gasteiger partial charge in [-0.1, -0.05) is 30.7 Å². The molecule has 1 aliphatic heterocycles. The summed E-state index contributed by atoms with van der Waals surface area (Å²) in [5.74, 6) is 0.871. The maximum Gasteiger partial charge on any atom is 0.0568 e. The molecule has 0 amide bonds. The van der Waals surface area contributed by atoms with Crippen LogP contribution in [0.25, 0.3) is 11.1 Å². The molecule has 3 nitrogen and oxygen atoms in total. The van der Waals surface area contributed by atoms with Crippen LogP contribution in [0.2, 0.25) is 0 Å². The first kappa shape index (κ1) is 14.9. The minimum Gasteiger partial charge on any atom is -0.297 e. The molecule has 0 radical (unpaired) electrons. The molecule has 3 heteroatoms. The van der Waals surface area contributed by atoms with E-state index in [9.17, 15) is 0 Å². The van der Waals surface area contributed by atoms with E-state index in [1.165, 1.54) is 61.9 Å². The second-order valence-electron chi connectivity index (χ2n) is 7.29. The van der Waals surface area contributed by atoms with Crippen molar-refractivity contribution >= 4 is 0 Å². The molecule has 1 aromatic carbocycles. The molecule has 2 aromatic rings. The van der Waals surface area contributed by atoms with Gasteiger partial charge in [0.2, 0.25) is 0 Å². The van der Waals surface area contributed by atoms with E-state index in [0.29, 0.717) is 6.04 Å². The van der Waals surface area contributed by atoms with Gasteiger partial charge >= 0.3 is 0 Å². The maximum atomic E-state index is 4.51. The summed E-state index contributed by atoms with van der Waals surface area (Å²) in [6, 6.07) is 9.64. The molecule has 0 unspecified atom stereocenters. The Labute approximate surface area is 139 Å². The molecule has 1 saturated heterocycles. The highest BCUT2D eigenvalue weighted by Gasteiger charge is 2.22. The Morgan fingerprint density at radius 1 is 1.04 bits per heavy atom.